The number of anilines is 1. The van der Waals surface area contributed by atoms with E-state index in [1.165, 1.54) is 4.68 Å². The van der Waals surface area contributed by atoms with Gasteiger partial charge in [0.1, 0.15) is 11.6 Å². The average molecular weight is 429 g/mol. The summed E-state index contributed by atoms with van der Waals surface area (Å²) in [6.07, 6.45) is 0. The molecule has 0 aliphatic heterocycles. The number of nitrogens with zero attached hydrogens (tertiary/aromatic N) is 2. The van der Waals surface area contributed by atoms with Gasteiger partial charge in [-0.25, -0.2) is 4.79 Å². The van der Waals surface area contributed by atoms with E-state index in [0.717, 1.165) is 22.5 Å². The van der Waals surface area contributed by atoms with Gasteiger partial charge < -0.3 is 14.8 Å². The van der Waals surface area contributed by atoms with E-state index in [-0.39, 0.29) is 30.2 Å². The van der Waals surface area contributed by atoms with Crippen molar-refractivity contribution in [2.75, 3.05) is 25.1 Å². The number of carbonyl (C=O) groups is 2. The van der Waals surface area contributed by atoms with Crippen LogP contribution in [0.25, 0.3) is 16.5 Å². The first kappa shape index (κ1) is 21.7. The van der Waals surface area contributed by atoms with E-state index in [1.54, 1.807) is 25.3 Å². The number of hydrogen-bond donors (Lipinski definition) is 1. The van der Waals surface area contributed by atoms with E-state index in [2.05, 4.69) is 10.4 Å². The van der Waals surface area contributed by atoms with E-state index >= 15 is 0 Å². The van der Waals surface area contributed by atoms with E-state index in [4.69, 9.17) is 9.47 Å². The first-order valence-electron chi connectivity index (χ1n) is 9.54. The Hall–Kier alpha value is -3.04. The molecule has 9 heteroatoms. The Balaban J connectivity index is 2.21. The number of amides is 1. The lowest BCUT2D eigenvalue weighted by atomic mass is 10.1. The number of fused-ring (bicyclic) bond motifs is 1. The van der Waals surface area contributed by atoms with Gasteiger partial charge in [-0.3, -0.25) is 9.59 Å². The predicted molar refractivity (Wildman–Crippen MR) is 116 cm³/mol. The third-order valence-corrected chi connectivity index (χ3v) is 5.44. The zero-order chi connectivity index (χ0) is 21.8. The first-order chi connectivity index (χ1) is 14.4. The van der Waals surface area contributed by atoms with E-state index in [1.807, 2.05) is 26.0 Å². The molecule has 158 valence electrons. The monoisotopic (exact) mass is 429 g/mol. The summed E-state index contributed by atoms with van der Waals surface area (Å²) in [5.74, 6) is -1.02. The van der Waals surface area contributed by atoms with Crippen molar-refractivity contribution >= 4 is 39.0 Å². The van der Waals surface area contributed by atoms with Gasteiger partial charge in [0.2, 0.25) is 0 Å². The first-order valence-corrected chi connectivity index (χ1v) is 10.4. The van der Waals surface area contributed by atoms with Crippen LogP contribution in [0.1, 0.15) is 35.5 Å². The molecular weight excluding hydrogens is 406 g/mol. The molecule has 2 aromatic heterocycles. The van der Waals surface area contributed by atoms with E-state index in [9.17, 15) is 14.4 Å². The van der Waals surface area contributed by atoms with Crippen molar-refractivity contribution in [3.05, 3.63) is 50.8 Å². The maximum absolute atomic E-state index is 13.3. The molecule has 0 fully saturated rings. The van der Waals surface area contributed by atoms with Gasteiger partial charge >= 0.3 is 5.97 Å². The quantitative estimate of drug-likeness (QED) is 0.579. The van der Waals surface area contributed by atoms with Crippen LogP contribution in [-0.4, -0.2) is 41.5 Å². The molecule has 3 aromatic rings. The summed E-state index contributed by atoms with van der Waals surface area (Å²) in [5, 5.41) is 9.51. The lowest BCUT2D eigenvalue weighted by Gasteiger charge is -2.11. The maximum atomic E-state index is 13.3. The molecular formula is C21H23N3O5S. The van der Waals surface area contributed by atoms with Gasteiger partial charge in [0.25, 0.3) is 11.5 Å². The van der Waals surface area contributed by atoms with Gasteiger partial charge in [-0.15, -0.1) is 11.3 Å². The van der Waals surface area contributed by atoms with Gasteiger partial charge in [0.05, 0.1) is 17.7 Å². The smallest absolute Gasteiger partial charge is 0.359 e. The van der Waals surface area contributed by atoms with Crippen molar-refractivity contribution in [3.63, 3.8) is 0 Å². The Bertz CT molecular complexity index is 1170. The molecule has 1 aromatic carbocycles. The molecule has 0 aliphatic carbocycles. The molecule has 0 saturated carbocycles. The highest BCUT2D eigenvalue weighted by molar-refractivity contribution is 7.16. The minimum absolute atomic E-state index is 0.0197. The Morgan fingerprint density at radius 2 is 1.93 bits per heavy atom. The molecule has 8 nitrogen and oxygen atoms in total. The Morgan fingerprint density at radius 3 is 2.60 bits per heavy atom. The second-order valence-electron chi connectivity index (χ2n) is 6.59. The van der Waals surface area contributed by atoms with Crippen LogP contribution in [0, 0.1) is 13.8 Å². The van der Waals surface area contributed by atoms with Crippen molar-refractivity contribution in [2.45, 2.75) is 27.7 Å². The number of carbonyl (C=O) groups excluding carboxylic acids is 2. The van der Waals surface area contributed by atoms with Crippen LogP contribution in [-0.2, 0) is 14.3 Å². The van der Waals surface area contributed by atoms with Crippen LogP contribution in [0.15, 0.2) is 28.4 Å². The molecule has 3 rings (SSSR count). The predicted octanol–water partition coefficient (Wildman–Crippen LogP) is 3.22. The zero-order valence-corrected chi connectivity index (χ0v) is 18.1. The standard InChI is InChI=1S/C21H23N3O5S/c1-5-28-10-16(25)22-19-17-15(11-30-19)18(21(27)29-6-2)23-24(20(17)26)14-8-7-12(3)13(4)9-14/h7-9,11H,5-6,10H2,1-4H3,(H,22,25). The number of benzene rings is 1. The molecule has 0 unspecified atom stereocenters. The van der Waals surface area contributed by atoms with Crippen molar-refractivity contribution in [1.29, 1.82) is 0 Å². The van der Waals surface area contributed by atoms with Crippen LogP contribution in [0.4, 0.5) is 5.00 Å². The molecule has 2 heterocycles. The lowest BCUT2D eigenvalue weighted by Crippen LogP contribution is -2.26. The fourth-order valence-corrected chi connectivity index (χ4v) is 3.83. The molecule has 1 amide bonds. The number of ether oxygens (including phenoxy) is 2. The van der Waals surface area contributed by atoms with Crippen molar-refractivity contribution in [3.8, 4) is 5.69 Å². The van der Waals surface area contributed by atoms with Crippen molar-refractivity contribution < 1.29 is 19.1 Å². The molecule has 0 bridgehead atoms. The van der Waals surface area contributed by atoms with E-state index in [0.29, 0.717) is 22.7 Å². The van der Waals surface area contributed by atoms with Crippen LogP contribution in [0.3, 0.4) is 0 Å². The Morgan fingerprint density at radius 1 is 1.17 bits per heavy atom. The summed E-state index contributed by atoms with van der Waals surface area (Å²) in [6.45, 7) is 7.82. The van der Waals surface area contributed by atoms with Crippen molar-refractivity contribution in [1.82, 2.24) is 9.78 Å². The summed E-state index contributed by atoms with van der Waals surface area (Å²) in [6, 6.07) is 5.47. The summed E-state index contributed by atoms with van der Waals surface area (Å²) in [7, 11) is 0. The number of thiophene rings is 1. The van der Waals surface area contributed by atoms with Gasteiger partial charge in [-0.2, -0.15) is 9.78 Å². The Labute approximate surface area is 177 Å². The fourth-order valence-electron chi connectivity index (χ4n) is 2.88. The SMILES string of the molecule is CCOCC(=O)Nc1scc2c(C(=O)OCC)nn(-c3ccc(C)c(C)c3)c(=O)c12. The Kier molecular flexibility index (Phi) is 6.63. The zero-order valence-electron chi connectivity index (χ0n) is 17.3. The van der Waals surface area contributed by atoms with Crippen LogP contribution in [0.5, 0.6) is 0 Å². The summed E-state index contributed by atoms with van der Waals surface area (Å²) in [4.78, 5) is 38.0. The largest absolute Gasteiger partial charge is 0.461 e. The topological polar surface area (TPSA) is 99.5 Å². The van der Waals surface area contributed by atoms with Gasteiger partial charge in [0, 0.05) is 17.4 Å². The van der Waals surface area contributed by atoms with E-state index < -0.39 is 11.5 Å². The highest BCUT2D eigenvalue weighted by atomic mass is 32.1. The highest BCUT2D eigenvalue weighted by Gasteiger charge is 2.23. The van der Waals surface area contributed by atoms with Crippen LogP contribution < -0.4 is 10.9 Å². The lowest BCUT2D eigenvalue weighted by molar-refractivity contribution is -0.120. The normalized spacial score (nSPS) is 10.9. The molecule has 1 N–H and O–H groups in total. The molecule has 0 spiro atoms. The number of rotatable bonds is 7. The van der Waals surface area contributed by atoms with Gasteiger partial charge in [0.15, 0.2) is 5.69 Å². The molecule has 30 heavy (non-hydrogen) atoms. The fraction of sp³-hybridized carbons (Fsp3) is 0.333. The molecule has 0 saturated heterocycles. The third-order valence-electron chi connectivity index (χ3n) is 4.55. The summed E-state index contributed by atoms with van der Waals surface area (Å²) < 4.78 is 11.4. The van der Waals surface area contributed by atoms with Crippen LogP contribution >= 0.6 is 11.3 Å². The number of esters is 1. The minimum Gasteiger partial charge on any atom is -0.461 e. The molecule has 0 radical (unpaired) electrons. The number of aromatic nitrogens is 2. The summed E-state index contributed by atoms with van der Waals surface area (Å²) >= 11 is 1.15. The van der Waals surface area contributed by atoms with Crippen molar-refractivity contribution in [2.24, 2.45) is 0 Å². The number of nitrogens with one attached hydrogen (secondary N) is 1. The van der Waals surface area contributed by atoms with Crippen LogP contribution in [0.2, 0.25) is 0 Å². The second-order valence-corrected chi connectivity index (χ2v) is 7.47. The average Bonchev–Trinajstić information content (AvgIpc) is 3.13. The maximum Gasteiger partial charge on any atom is 0.359 e. The molecule has 0 aliphatic rings. The van der Waals surface area contributed by atoms with Gasteiger partial charge in [-0.05, 0) is 51.0 Å². The number of hydrogen-bond acceptors (Lipinski definition) is 7. The molecule has 0 atom stereocenters. The highest BCUT2D eigenvalue weighted by Crippen LogP contribution is 2.30. The minimum atomic E-state index is -0.634. The second kappa shape index (κ2) is 9.19. The van der Waals surface area contributed by atoms with Gasteiger partial charge in [-0.1, -0.05) is 6.07 Å². The third kappa shape index (κ3) is 4.27. The summed E-state index contributed by atoms with van der Waals surface area (Å²) in [5.41, 5.74) is 2.15. The number of aryl methyl sites for hydroxylation is 2.